The topological polar surface area (TPSA) is 67.0 Å². The van der Waals surface area contributed by atoms with Gasteiger partial charge in [-0.25, -0.2) is 9.37 Å². The van der Waals surface area contributed by atoms with Crippen LogP contribution in [0.4, 0.5) is 4.39 Å². The lowest BCUT2D eigenvalue weighted by Crippen LogP contribution is -2.30. The zero-order valence-corrected chi connectivity index (χ0v) is 14.5. The van der Waals surface area contributed by atoms with Crippen LogP contribution in [-0.2, 0) is 11.2 Å². The van der Waals surface area contributed by atoms with Gasteiger partial charge in [0.25, 0.3) is 5.91 Å². The summed E-state index contributed by atoms with van der Waals surface area (Å²) in [5, 5.41) is 3.56. The van der Waals surface area contributed by atoms with Crippen molar-refractivity contribution in [2.45, 2.75) is 6.42 Å². The van der Waals surface area contributed by atoms with E-state index in [1.54, 1.807) is 24.3 Å². The van der Waals surface area contributed by atoms with Crippen molar-refractivity contribution in [3.63, 3.8) is 0 Å². The van der Waals surface area contributed by atoms with E-state index in [4.69, 9.17) is 27.9 Å². The van der Waals surface area contributed by atoms with Gasteiger partial charge in [-0.05, 0) is 36.4 Å². The molecule has 130 valence electrons. The molecule has 0 saturated heterocycles. The van der Waals surface area contributed by atoms with Crippen molar-refractivity contribution in [2.24, 2.45) is 0 Å². The summed E-state index contributed by atoms with van der Waals surface area (Å²) in [6.07, 6.45) is 0.490. The number of H-pyrrole nitrogens is 1. The van der Waals surface area contributed by atoms with Gasteiger partial charge in [0.2, 0.25) is 0 Å². The molecule has 0 aliphatic rings. The minimum atomic E-state index is -0.325. The number of carbonyl (C=O) groups excluding carboxylic acids is 1. The molecule has 5 nitrogen and oxygen atoms in total. The summed E-state index contributed by atoms with van der Waals surface area (Å²) in [6.45, 7) is 0.214. The van der Waals surface area contributed by atoms with Gasteiger partial charge in [-0.2, -0.15) is 0 Å². The van der Waals surface area contributed by atoms with Gasteiger partial charge in [0.1, 0.15) is 17.4 Å². The second-order valence-corrected chi connectivity index (χ2v) is 6.15. The maximum absolute atomic E-state index is 13.1. The summed E-state index contributed by atoms with van der Waals surface area (Å²) in [4.78, 5) is 19.2. The average Bonchev–Trinajstić information content (AvgIpc) is 2.95. The van der Waals surface area contributed by atoms with Crippen LogP contribution in [0.15, 0.2) is 36.4 Å². The first-order valence-electron chi connectivity index (χ1n) is 7.50. The largest absolute Gasteiger partial charge is 0.482 e. The molecule has 1 aromatic heterocycles. The normalized spacial score (nSPS) is 10.8. The Balaban J connectivity index is 1.47. The standard InChI is InChI=1S/C17H14Cl2FN3O2/c18-10-1-4-15(12(19)7-10)25-9-17(24)21-6-5-16-22-13-3-2-11(20)8-14(13)23-16/h1-4,7-8H,5-6,9H2,(H,21,24)(H,22,23). The number of imidazole rings is 1. The van der Waals surface area contributed by atoms with Crippen LogP contribution in [0.1, 0.15) is 5.82 Å². The van der Waals surface area contributed by atoms with Crippen LogP contribution in [0.25, 0.3) is 11.0 Å². The predicted octanol–water partition coefficient (Wildman–Crippen LogP) is 3.75. The van der Waals surface area contributed by atoms with Gasteiger partial charge in [-0.15, -0.1) is 0 Å². The third kappa shape index (κ3) is 4.61. The first-order valence-corrected chi connectivity index (χ1v) is 8.25. The smallest absolute Gasteiger partial charge is 0.257 e. The van der Waals surface area contributed by atoms with Crippen LogP contribution in [0.5, 0.6) is 5.75 Å². The Bertz CT molecular complexity index is 914. The second kappa shape index (κ2) is 7.72. The molecule has 0 unspecified atom stereocenters. The Morgan fingerprint density at radius 3 is 2.88 bits per heavy atom. The summed E-state index contributed by atoms with van der Waals surface area (Å²) in [5.41, 5.74) is 1.31. The minimum Gasteiger partial charge on any atom is -0.482 e. The molecule has 0 atom stereocenters. The molecule has 0 bridgehead atoms. The molecule has 3 rings (SSSR count). The molecule has 1 heterocycles. The monoisotopic (exact) mass is 381 g/mol. The van der Waals surface area contributed by atoms with E-state index in [1.165, 1.54) is 12.1 Å². The van der Waals surface area contributed by atoms with Crippen molar-refractivity contribution < 1.29 is 13.9 Å². The zero-order valence-electron chi connectivity index (χ0n) is 13.0. The second-order valence-electron chi connectivity index (χ2n) is 5.31. The average molecular weight is 382 g/mol. The minimum absolute atomic E-state index is 0.160. The fourth-order valence-corrected chi connectivity index (χ4v) is 2.72. The number of benzene rings is 2. The Morgan fingerprint density at radius 2 is 2.08 bits per heavy atom. The number of fused-ring (bicyclic) bond motifs is 1. The number of hydrogen-bond acceptors (Lipinski definition) is 3. The van der Waals surface area contributed by atoms with Gasteiger partial charge in [0.05, 0.1) is 16.1 Å². The summed E-state index contributed by atoms with van der Waals surface area (Å²) in [7, 11) is 0. The summed E-state index contributed by atoms with van der Waals surface area (Å²) in [6, 6.07) is 9.12. The van der Waals surface area contributed by atoms with Crippen LogP contribution in [0.2, 0.25) is 10.0 Å². The molecule has 0 radical (unpaired) electrons. The first kappa shape index (κ1) is 17.5. The summed E-state index contributed by atoms with van der Waals surface area (Å²) >= 11 is 11.8. The molecule has 3 aromatic rings. The Morgan fingerprint density at radius 1 is 1.24 bits per heavy atom. The fraction of sp³-hybridized carbons (Fsp3) is 0.176. The van der Waals surface area contributed by atoms with E-state index in [9.17, 15) is 9.18 Å². The molecule has 0 aliphatic heterocycles. The van der Waals surface area contributed by atoms with E-state index in [2.05, 4.69) is 15.3 Å². The van der Waals surface area contributed by atoms with E-state index in [0.717, 1.165) is 0 Å². The lowest BCUT2D eigenvalue weighted by atomic mass is 10.3. The van der Waals surface area contributed by atoms with E-state index in [0.29, 0.717) is 45.6 Å². The lowest BCUT2D eigenvalue weighted by molar-refractivity contribution is -0.123. The highest BCUT2D eigenvalue weighted by atomic mass is 35.5. The highest BCUT2D eigenvalue weighted by Gasteiger charge is 2.08. The SMILES string of the molecule is O=C(COc1ccc(Cl)cc1Cl)NCCc1nc2ccc(F)cc2[nH]1. The molecule has 25 heavy (non-hydrogen) atoms. The quantitative estimate of drug-likeness (QED) is 0.683. The first-order chi connectivity index (χ1) is 12.0. The highest BCUT2D eigenvalue weighted by Crippen LogP contribution is 2.27. The summed E-state index contributed by atoms with van der Waals surface area (Å²) < 4.78 is 18.5. The Hall–Kier alpha value is -2.31. The van der Waals surface area contributed by atoms with Crippen molar-refractivity contribution in [3.05, 3.63) is 58.1 Å². The van der Waals surface area contributed by atoms with Crippen molar-refractivity contribution in [3.8, 4) is 5.75 Å². The molecule has 1 amide bonds. The van der Waals surface area contributed by atoms with E-state index in [1.807, 2.05) is 0 Å². The predicted molar refractivity (Wildman–Crippen MR) is 94.7 cm³/mol. The number of nitrogens with one attached hydrogen (secondary N) is 2. The number of hydrogen-bond donors (Lipinski definition) is 2. The number of amides is 1. The summed E-state index contributed by atoms with van der Waals surface area (Å²) in [5.74, 6) is 0.449. The van der Waals surface area contributed by atoms with Gasteiger partial charge in [-0.3, -0.25) is 4.79 Å². The van der Waals surface area contributed by atoms with Gasteiger partial charge < -0.3 is 15.0 Å². The molecule has 2 aromatic carbocycles. The Kier molecular flexibility index (Phi) is 5.40. The van der Waals surface area contributed by atoms with Gasteiger partial charge in [0.15, 0.2) is 6.61 Å². The van der Waals surface area contributed by atoms with Crippen LogP contribution in [0, 0.1) is 5.82 Å². The maximum atomic E-state index is 13.1. The van der Waals surface area contributed by atoms with Crippen molar-refractivity contribution in [1.29, 1.82) is 0 Å². The van der Waals surface area contributed by atoms with Gasteiger partial charge in [-0.1, -0.05) is 23.2 Å². The number of halogens is 3. The number of carbonyl (C=O) groups is 1. The molecule has 0 aliphatic carbocycles. The molecule has 8 heteroatoms. The van der Waals surface area contributed by atoms with E-state index < -0.39 is 0 Å². The van der Waals surface area contributed by atoms with Gasteiger partial charge in [0, 0.05) is 18.0 Å². The molecular formula is C17H14Cl2FN3O2. The molecule has 2 N–H and O–H groups in total. The molecule has 0 spiro atoms. The van der Waals surface area contributed by atoms with Crippen molar-refractivity contribution in [2.75, 3.05) is 13.2 Å². The van der Waals surface area contributed by atoms with Crippen LogP contribution >= 0.6 is 23.2 Å². The Labute approximate surface area is 153 Å². The number of nitrogens with zero attached hydrogens (tertiary/aromatic N) is 1. The van der Waals surface area contributed by atoms with Crippen molar-refractivity contribution in [1.82, 2.24) is 15.3 Å². The third-order valence-electron chi connectivity index (χ3n) is 3.43. The van der Waals surface area contributed by atoms with Crippen LogP contribution in [0.3, 0.4) is 0 Å². The molecule has 0 fully saturated rings. The highest BCUT2D eigenvalue weighted by molar-refractivity contribution is 6.35. The number of rotatable bonds is 6. The van der Waals surface area contributed by atoms with Crippen molar-refractivity contribution >= 4 is 40.1 Å². The van der Waals surface area contributed by atoms with E-state index >= 15 is 0 Å². The van der Waals surface area contributed by atoms with Crippen LogP contribution in [-0.4, -0.2) is 29.0 Å². The third-order valence-corrected chi connectivity index (χ3v) is 3.96. The number of aromatic amines is 1. The van der Waals surface area contributed by atoms with Crippen LogP contribution < -0.4 is 10.1 Å². The molecule has 0 saturated carbocycles. The zero-order chi connectivity index (χ0) is 17.8. The lowest BCUT2D eigenvalue weighted by Gasteiger charge is -2.08. The fourth-order valence-electron chi connectivity index (χ4n) is 2.26. The number of ether oxygens (including phenoxy) is 1. The van der Waals surface area contributed by atoms with Gasteiger partial charge >= 0.3 is 0 Å². The maximum Gasteiger partial charge on any atom is 0.257 e. The number of aromatic nitrogens is 2. The molecular weight excluding hydrogens is 368 g/mol. The van der Waals surface area contributed by atoms with E-state index in [-0.39, 0.29) is 18.3 Å².